The van der Waals surface area contributed by atoms with E-state index < -0.39 is 24.3 Å². The van der Waals surface area contributed by atoms with E-state index in [1.807, 2.05) is 10.7 Å². The van der Waals surface area contributed by atoms with Crippen LogP contribution in [0.1, 0.15) is 24.2 Å². The lowest BCUT2D eigenvalue weighted by Crippen LogP contribution is -2.35. The molecule has 0 saturated carbocycles. The Bertz CT molecular complexity index is 1330. The number of rotatable bonds is 5. The van der Waals surface area contributed by atoms with Crippen molar-refractivity contribution in [1.82, 2.24) is 34.4 Å². The monoisotopic (exact) mass is 621 g/mol. The minimum atomic E-state index is -5.08. The molecule has 5 heterocycles. The molecule has 3 aromatic rings. The third-order valence-corrected chi connectivity index (χ3v) is 6.47. The molecule has 43 heavy (non-hydrogen) atoms. The largest absolute Gasteiger partial charge is 0.490 e. The van der Waals surface area contributed by atoms with Gasteiger partial charge in [-0.1, -0.05) is 5.21 Å². The molecule has 0 spiro atoms. The van der Waals surface area contributed by atoms with E-state index in [1.54, 1.807) is 6.20 Å². The predicted molar refractivity (Wildman–Crippen MR) is 137 cm³/mol. The first-order valence-corrected chi connectivity index (χ1v) is 12.8. The molecule has 0 unspecified atom stereocenters. The van der Waals surface area contributed by atoms with E-state index in [9.17, 15) is 26.3 Å². The zero-order chi connectivity index (χ0) is 31.8. The second kappa shape index (κ2) is 14.2. The first-order chi connectivity index (χ1) is 20.1. The van der Waals surface area contributed by atoms with Crippen LogP contribution in [0.4, 0.5) is 38.1 Å². The van der Waals surface area contributed by atoms with E-state index >= 15 is 0 Å². The molecule has 0 radical (unpaired) electrons. The SMILES string of the molecule is Nc1nccc(N2CCC(Cn3cc(CN4CCn5cccc5C4)nn3)CC2)n1.O=C(O)C(F)(F)F.O=C(O)C(F)(F)F. The molecule has 13 nitrogen and oxygen atoms in total. The van der Waals surface area contributed by atoms with Crippen LogP contribution in [0.15, 0.2) is 36.8 Å². The zero-order valence-corrected chi connectivity index (χ0v) is 22.5. The second-order valence-electron chi connectivity index (χ2n) is 9.64. The number of carbonyl (C=O) groups is 2. The topological polar surface area (TPSA) is 169 Å². The minimum Gasteiger partial charge on any atom is -0.475 e. The molecule has 1 fully saturated rings. The summed E-state index contributed by atoms with van der Waals surface area (Å²) in [6.45, 7) is 6.83. The van der Waals surface area contributed by atoms with Gasteiger partial charge in [-0.15, -0.1) is 5.10 Å². The van der Waals surface area contributed by atoms with Crippen molar-refractivity contribution in [2.24, 2.45) is 5.92 Å². The van der Waals surface area contributed by atoms with E-state index in [0.717, 1.165) is 70.2 Å². The Kier molecular flexibility index (Phi) is 10.9. The summed E-state index contributed by atoms with van der Waals surface area (Å²) in [6, 6.07) is 6.25. The number of nitrogens with zero attached hydrogens (tertiary/aromatic N) is 8. The number of carboxylic acids is 2. The van der Waals surface area contributed by atoms with Crippen molar-refractivity contribution in [3.63, 3.8) is 0 Å². The van der Waals surface area contributed by atoms with Gasteiger partial charge >= 0.3 is 24.3 Å². The number of aromatic nitrogens is 6. The highest BCUT2D eigenvalue weighted by Crippen LogP contribution is 2.23. The highest BCUT2D eigenvalue weighted by atomic mass is 19.4. The molecule has 0 aliphatic carbocycles. The summed E-state index contributed by atoms with van der Waals surface area (Å²) < 4.78 is 67.8. The Balaban J connectivity index is 0.000000303. The van der Waals surface area contributed by atoms with Gasteiger partial charge in [0.15, 0.2) is 0 Å². The van der Waals surface area contributed by atoms with Gasteiger partial charge in [-0.3, -0.25) is 9.58 Å². The summed E-state index contributed by atoms with van der Waals surface area (Å²) >= 11 is 0. The number of fused-ring (bicyclic) bond motifs is 1. The van der Waals surface area contributed by atoms with Crippen LogP contribution in [0, 0.1) is 5.92 Å². The molecule has 1 saturated heterocycles. The highest BCUT2D eigenvalue weighted by Gasteiger charge is 2.38. The molecule has 5 rings (SSSR count). The molecular formula is C24H29F6N9O4. The lowest BCUT2D eigenvalue weighted by atomic mass is 9.97. The van der Waals surface area contributed by atoms with Gasteiger partial charge in [0.05, 0.1) is 5.69 Å². The van der Waals surface area contributed by atoms with Gasteiger partial charge < -0.3 is 25.4 Å². The number of carboxylic acid groups (broad SMARTS) is 2. The van der Waals surface area contributed by atoms with Gasteiger partial charge in [-0.25, -0.2) is 14.6 Å². The van der Waals surface area contributed by atoms with Crippen LogP contribution in [-0.2, 0) is 35.8 Å². The van der Waals surface area contributed by atoms with Crippen LogP contribution < -0.4 is 10.6 Å². The maximum atomic E-state index is 10.6. The summed E-state index contributed by atoms with van der Waals surface area (Å²) in [5.41, 5.74) is 8.14. The number of halogens is 6. The number of hydrogen-bond donors (Lipinski definition) is 3. The lowest BCUT2D eigenvalue weighted by molar-refractivity contribution is -0.193. The molecular weight excluding hydrogens is 592 g/mol. The van der Waals surface area contributed by atoms with Gasteiger partial charge in [0.2, 0.25) is 5.95 Å². The molecule has 19 heteroatoms. The summed E-state index contributed by atoms with van der Waals surface area (Å²) in [6.07, 6.45) is -1.94. The van der Waals surface area contributed by atoms with E-state index in [4.69, 9.17) is 25.5 Å². The van der Waals surface area contributed by atoms with E-state index in [-0.39, 0.29) is 0 Å². The number of nitrogen functional groups attached to an aromatic ring is 1. The molecule has 3 aromatic heterocycles. The third kappa shape index (κ3) is 10.4. The lowest BCUT2D eigenvalue weighted by Gasteiger charge is -2.32. The quantitative estimate of drug-likeness (QED) is 0.358. The van der Waals surface area contributed by atoms with Crippen LogP contribution in [0.5, 0.6) is 0 Å². The van der Waals surface area contributed by atoms with Crippen LogP contribution in [0.3, 0.4) is 0 Å². The molecule has 0 aromatic carbocycles. The van der Waals surface area contributed by atoms with Crippen molar-refractivity contribution in [2.75, 3.05) is 30.3 Å². The Labute approximate surface area is 240 Å². The molecule has 0 atom stereocenters. The Morgan fingerprint density at radius 3 is 2.19 bits per heavy atom. The molecule has 0 bridgehead atoms. The Hall–Kier alpha value is -4.42. The van der Waals surface area contributed by atoms with Crippen LogP contribution >= 0.6 is 0 Å². The Morgan fingerprint density at radius 1 is 0.977 bits per heavy atom. The van der Waals surface area contributed by atoms with E-state index in [2.05, 4.69) is 59.2 Å². The van der Waals surface area contributed by atoms with Crippen molar-refractivity contribution < 1.29 is 46.1 Å². The fourth-order valence-corrected chi connectivity index (χ4v) is 4.38. The number of anilines is 2. The maximum absolute atomic E-state index is 10.6. The minimum absolute atomic E-state index is 0.335. The van der Waals surface area contributed by atoms with Crippen molar-refractivity contribution in [1.29, 1.82) is 0 Å². The van der Waals surface area contributed by atoms with Crippen LogP contribution in [0.25, 0.3) is 0 Å². The number of alkyl halides is 6. The zero-order valence-electron chi connectivity index (χ0n) is 22.5. The predicted octanol–water partition coefficient (Wildman–Crippen LogP) is 2.65. The van der Waals surface area contributed by atoms with Gasteiger partial charge in [0.1, 0.15) is 5.82 Å². The van der Waals surface area contributed by atoms with Gasteiger partial charge in [-0.2, -0.15) is 31.3 Å². The average Bonchev–Trinajstić information content (AvgIpc) is 3.58. The summed E-state index contributed by atoms with van der Waals surface area (Å²) in [4.78, 5) is 30.8. The summed E-state index contributed by atoms with van der Waals surface area (Å²) in [5, 5.41) is 23.0. The van der Waals surface area contributed by atoms with Crippen LogP contribution in [0.2, 0.25) is 0 Å². The number of piperidine rings is 1. The van der Waals surface area contributed by atoms with Crippen molar-refractivity contribution >= 4 is 23.7 Å². The second-order valence-corrected chi connectivity index (χ2v) is 9.64. The first kappa shape index (κ1) is 33.1. The summed E-state index contributed by atoms with van der Waals surface area (Å²) in [7, 11) is 0. The third-order valence-electron chi connectivity index (χ3n) is 6.47. The number of nitrogens with two attached hydrogens (primary N) is 1. The maximum Gasteiger partial charge on any atom is 0.490 e. The molecule has 2 aliphatic rings. The molecule has 236 valence electrons. The standard InChI is InChI=1S/C20H27N9.2C2HF3O2/c21-20-22-6-3-19(23-20)28-8-4-16(5-9-28)12-29-14-17(24-25-29)13-26-10-11-27-7-1-2-18(27)15-26;2*3-2(4,5)1(6)7/h1-3,6-7,14,16H,4-5,8-13,15H2,(H2,21,22,23);2*(H,6,7). The smallest absolute Gasteiger partial charge is 0.475 e. The van der Waals surface area contributed by atoms with Crippen molar-refractivity contribution in [3.05, 3.63) is 48.2 Å². The normalized spacial score (nSPS) is 15.9. The highest BCUT2D eigenvalue weighted by molar-refractivity contribution is 5.73. The van der Waals surface area contributed by atoms with Crippen molar-refractivity contribution in [2.45, 2.75) is 51.4 Å². The van der Waals surface area contributed by atoms with E-state index in [1.165, 1.54) is 5.69 Å². The van der Waals surface area contributed by atoms with Crippen molar-refractivity contribution in [3.8, 4) is 0 Å². The number of hydrogen-bond acceptors (Lipinski definition) is 9. The van der Waals surface area contributed by atoms with Gasteiger partial charge in [0, 0.05) is 70.1 Å². The fourth-order valence-electron chi connectivity index (χ4n) is 4.38. The number of aliphatic carboxylic acids is 2. The fraction of sp³-hybridized carbons (Fsp3) is 0.500. The average molecular weight is 622 g/mol. The molecule has 2 aliphatic heterocycles. The van der Waals surface area contributed by atoms with Crippen LogP contribution in [-0.4, -0.2) is 88.6 Å². The Morgan fingerprint density at radius 2 is 1.60 bits per heavy atom. The first-order valence-electron chi connectivity index (χ1n) is 12.8. The molecule has 4 N–H and O–H groups in total. The molecule has 0 amide bonds. The van der Waals surface area contributed by atoms with Gasteiger partial charge in [0.25, 0.3) is 0 Å². The summed E-state index contributed by atoms with van der Waals surface area (Å²) in [5.74, 6) is -3.65. The van der Waals surface area contributed by atoms with E-state index in [0.29, 0.717) is 11.9 Å². The van der Waals surface area contributed by atoms with Gasteiger partial charge in [-0.05, 0) is 37.0 Å².